The molecule has 0 saturated heterocycles. The minimum atomic E-state index is 1.01. The molecule has 0 radical (unpaired) electrons. The number of nitrogens with one attached hydrogen (secondary N) is 2. The van der Waals surface area contributed by atoms with Gasteiger partial charge in [0.2, 0.25) is 0 Å². The highest BCUT2D eigenvalue weighted by atomic mass is 14.7. The molecule has 2 aromatic heterocycles. The fourth-order valence-corrected chi connectivity index (χ4v) is 5.34. The van der Waals surface area contributed by atoms with Crippen molar-refractivity contribution in [2.24, 2.45) is 0 Å². The number of aryl methyl sites for hydroxylation is 1. The molecular weight excluding hydrogens is 352 g/mol. The van der Waals surface area contributed by atoms with Crippen molar-refractivity contribution in [1.82, 2.24) is 9.97 Å². The van der Waals surface area contributed by atoms with Crippen LogP contribution in [-0.4, -0.2) is 9.97 Å². The van der Waals surface area contributed by atoms with Gasteiger partial charge >= 0.3 is 0 Å². The van der Waals surface area contributed by atoms with Crippen LogP contribution in [0.25, 0.3) is 33.6 Å². The van der Waals surface area contributed by atoms with Crippen LogP contribution in [-0.2, 0) is 25.7 Å². The molecule has 0 bridgehead atoms. The highest BCUT2D eigenvalue weighted by Crippen LogP contribution is 2.50. The Kier molecular flexibility index (Phi) is 4.43. The van der Waals surface area contributed by atoms with Gasteiger partial charge in [0.25, 0.3) is 0 Å². The van der Waals surface area contributed by atoms with Gasteiger partial charge in [-0.05, 0) is 88.9 Å². The van der Waals surface area contributed by atoms with Crippen LogP contribution in [0, 0.1) is 0 Å². The van der Waals surface area contributed by atoms with Gasteiger partial charge in [0.15, 0.2) is 0 Å². The number of rotatable bonds is 5. The van der Waals surface area contributed by atoms with Gasteiger partial charge in [-0.25, -0.2) is 0 Å². The summed E-state index contributed by atoms with van der Waals surface area (Å²) < 4.78 is 0. The highest BCUT2D eigenvalue weighted by molar-refractivity contribution is 5.96. The SMILES string of the molecule is CCc1cccc2c1-c1c(CC)c(CC)c(-c3ccc[nH]3)c(-c3ccc[nH]3)c1C2. The molecule has 0 spiro atoms. The Labute approximate surface area is 173 Å². The Balaban J connectivity index is 1.96. The van der Waals surface area contributed by atoms with Gasteiger partial charge in [-0.1, -0.05) is 39.0 Å². The minimum Gasteiger partial charge on any atom is -0.361 e. The standard InChI is InChI=1S/C27H28N2/c1-4-17-10-7-11-18-16-21-25(24(17)18)19(5-2)20(6-3)26(22-12-8-14-28-22)27(21)23-13-9-15-29-23/h7-15,28-29H,4-6,16H2,1-3H3. The number of H-pyrrole nitrogens is 2. The van der Waals surface area contributed by atoms with Crippen LogP contribution < -0.4 is 0 Å². The van der Waals surface area contributed by atoms with E-state index in [0.29, 0.717) is 0 Å². The maximum Gasteiger partial charge on any atom is 0.0463 e. The molecule has 1 aliphatic carbocycles. The van der Waals surface area contributed by atoms with Crippen LogP contribution in [0.15, 0.2) is 54.9 Å². The highest BCUT2D eigenvalue weighted by Gasteiger charge is 2.31. The lowest BCUT2D eigenvalue weighted by Gasteiger charge is -2.23. The summed E-state index contributed by atoms with van der Waals surface area (Å²) in [5.74, 6) is 0. The largest absolute Gasteiger partial charge is 0.361 e. The van der Waals surface area contributed by atoms with Crippen molar-refractivity contribution in [3.8, 4) is 33.6 Å². The van der Waals surface area contributed by atoms with Gasteiger partial charge in [0, 0.05) is 34.9 Å². The first-order valence-electron chi connectivity index (χ1n) is 10.9. The molecule has 5 rings (SSSR count). The number of fused-ring (bicyclic) bond motifs is 3. The summed E-state index contributed by atoms with van der Waals surface area (Å²) in [6, 6.07) is 15.5. The van der Waals surface area contributed by atoms with E-state index < -0.39 is 0 Å². The van der Waals surface area contributed by atoms with E-state index in [-0.39, 0.29) is 0 Å². The molecular formula is C27H28N2. The summed E-state index contributed by atoms with van der Waals surface area (Å²) in [5.41, 5.74) is 15.7. The van der Waals surface area contributed by atoms with E-state index in [1.54, 1.807) is 0 Å². The van der Waals surface area contributed by atoms with Crippen LogP contribution in [0.5, 0.6) is 0 Å². The topological polar surface area (TPSA) is 31.6 Å². The van der Waals surface area contributed by atoms with E-state index >= 15 is 0 Å². The van der Waals surface area contributed by atoms with Gasteiger partial charge in [-0.15, -0.1) is 0 Å². The third kappa shape index (κ3) is 2.62. The molecule has 0 unspecified atom stereocenters. The molecule has 2 N–H and O–H groups in total. The first-order chi connectivity index (χ1) is 14.3. The van der Waals surface area contributed by atoms with Crippen LogP contribution >= 0.6 is 0 Å². The smallest absolute Gasteiger partial charge is 0.0463 e. The van der Waals surface area contributed by atoms with Crippen LogP contribution in [0.3, 0.4) is 0 Å². The zero-order valence-electron chi connectivity index (χ0n) is 17.5. The van der Waals surface area contributed by atoms with Gasteiger partial charge in [0.1, 0.15) is 0 Å². The molecule has 2 heteroatoms. The van der Waals surface area contributed by atoms with Crippen molar-refractivity contribution in [3.05, 3.63) is 82.7 Å². The Morgan fingerprint density at radius 2 is 1.31 bits per heavy atom. The minimum absolute atomic E-state index is 1.01. The Hall–Kier alpha value is -3.00. The normalized spacial score (nSPS) is 12.2. The third-order valence-electron chi connectivity index (χ3n) is 6.50. The Bertz CT molecular complexity index is 1160. The molecule has 0 fully saturated rings. The van der Waals surface area contributed by atoms with Crippen molar-refractivity contribution >= 4 is 0 Å². The molecule has 4 aromatic rings. The zero-order chi connectivity index (χ0) is 20.0. The quantitative estimate of drug-likeness (QED) is 0.331. The molecule has 0 atom stereocenters. The van der Waals surface area contributed by atoms with Crippen LogP contribution in [0.1, 0.15) is 48.6 Å². The van der Waals surface area contributed by atoms with Gasteiger partial charge < -0.3 is 9.97 Å². The molecule has 2 heterocycles. The lowest BCUT2D eigenvalue weighted by atomic mass is 9.81. The van der Waals surface area contributed by atoms with E-state index in [2.05, 4.69) is 73.2 Å². The second-order valence-corrected chi connectivity index (χ2v) is 7.92. The summed E-state index contributed by atoms with van der Waals surface area (Å²) in [6.07, 6.45) is 8.25. The number of aromatic amines is 2. The Morgan fingerprint density at radius 1 is 0.655 bits per heavy atom. The second kappa shape index (κ2) is 7.11. The summed E-state index contributed by atoms with van der Waals surface area (Å²) in [4.78, 5) is 7.02. The fourth-order valence-electron chi connectivity index (χ4n) is 5.34. The Morgan fingerprint density at radius 3 is 1.90 bits per heavy atom. The summed E-state index contributed by atoms with van der Waals surface area (Å²) in [5, 5.41) is 0. The van der Waals surface area contributed by atoms with Gasteiger partial charge in [-0.2, -0.15) is 0 Å². The molecule has 0 amide bonds. The van der Waals surface area contributed by atoms with E-state index in [1.165, 1.54) is 61.5 Å². The molecule has 1 aliphatic rings. The van der Waals surface area contributed by atoms with Crippen molar-refractivity contribution in [2.45, 2.75) is 46.5 Å². The monoisotopic (exact) mass is 380 g/mol. The van der Waals surface area contributed by atoms with Crippen molar-refractivity contribution in [3.63, 3.8) is 0 Å². The molecule has 0 saturated carbocycles. The van der Waals surface area contributed by atoms with Crippen LogP contribution in [0.2, 0.25) is 0 Å². The summed E-state index contributed by atoms with van der Waals surface area (Å²) in [7, 11) is 0. The molecule has 29 heavy (non-hydrogen) atoms. The first kappa shape index (κ1) is 18.1. The maximum absolute atomic E-state index is 3.52. The number of hydrogen-bond donors (Lipinski definition) is 2. The van der Waals surface area contributed by atoms with Gasteiger partial charge in [0.05, 0.1) is 0 Å². The number of hydrogen-bond acceptors (Lipinski definition) is 0. The molecule has 146 valence electrons. The van der Waals surface area contributed by atoms with E-state index in [0.717, 1.165) is 25.7 Å². The predicted octanol–water partition coefficient (Wildman–Crippen LogP) is 6.94. The van der Waals surface area contributed by atoms with Crippen molar-refractivity contribution in [2.75, 3.05) is 0 Å². The van der Waals surface area contributed by atoms with E-state index in [4.69, 9.17) is 0 Å². The van der Waals surface area contributed by atoms with E-state index in [9.17, 15) is 0 Å². The molecule has 2 nitrogen and oxygen atoms in total. The molecule has 2 aromatic carbocycles. The van der Waals surface area contributed by atoms with Crippen LogP contribution in [0.4, 0.5) is 0 Å². The lowest BCUT2D eigenvalue weighted by molar-refractivity contribution is 1.03. The average molecular weight is 381 g/mol. The van der Waals surface area contributed by atoms with E-state index in [1.807, 2.05) is 12.4 Å². The average Bonchev–Trinajstić information content (AvgIpc) is 3.51. The lowest BCUT2D eigenvalue weighted by Crippen LogP contribution is -2.05. The first-order valence-corrected chi connectivity index (χ1v) is 10.9. The van der Waals surface area contributed by atoms with Gasteiger partial charge in [-0.3, -0.25) is 0 Å². The fraction of sp³-hybridized carbons (Fsp3) is 0.259. The molecule has 0 aliphatic heterocycles. The van der Waals surface area contributed by atoms with Crippen molar-refractivity contribution in [1.29, 1.82) is 0 Å². The van der Waals surface area contributed by atoms with Crippen molar-refractivity contribution < 1.29 is 0 Å². The second-order valence-electron chi connectivity index (χ2n) is 7.92. The predicted molar refractivity (Wildman–Crippen MR) is 122 cm³/mol. The number of aromatic nitrogens is 2. The third-order valence-corrected chi connectivity index (χ3v) is 6.50. The zero-order valence-corrected chi connectivity index (χ0v) is 17.5. The summed E-state index contributed by atoms with van der Waals surface area (Å²) >= 11 is 0. The summed E-state index contributed by atoms with van der Waals surface area (Å²) in [6.45, 7) is 6.89. The number of benzene rings is 2. The maximum atomic E-state index is 3.52.